The van der Waals surface area contributed by atoms with Gasteiger partial charge in [-0.1, -0.05) is 86.7 Å². The Bertz CT molecular complexity index is 3910. The van der Waals surface area contributed by atoms with Gasteiger partial charge in [-0.15, -0.1) is 90.0 Å². The molecule has 5 aromatic carbocycles. The molecule has 4 heterocycles. The number of rotatable bonds is 14. The van der Waals surface area contributed by atoms with E-state index in [-0.39, 0.29) is 88.1 Å². The van der Waals surface area contributed by atoms with Crippen molar-refractivity contribution in [3.63, 3.8) is 0 Å². The van der Waals surface area contributed by atoms with Gasteiger partial charge in [0.1, 0.15) is 5.58 Å². The Morgan fingerprint density at radius 2 is 1.22 bits per heavy atom. The number of pyridine rings is 3. The number of fused-ring (bicyclic) bond motifs is 3. The molecule has 0 saturated heterocycles. The van der Waals surface area contributed by atoms with Crippen molar-refractivity contribution in [3.8, 4) is 39.8 Å². The number of benzene rings is 5. The average molecular weight is 1040 g/mol. The third-order valence-electron chi connectivity index (χ3n) is 10.4. The summed E-state index contributed by atoms with van der Waals surface area (Å²) in [6, 6.07) is 34.3. The zero-order valence-corrected chi connectivity index (χ0v) is 38.0. The van der Waals surface area contributed by atoms with Crippen LogP contribution in [0.1, 0.15) is 121 Å². The van der Waals surface area contributed by atoms with Crippen LogP contribution in [-0.4, -0.2) is 15.0 Å². The molecule has 0 fully saturated rings. The molecule has 5 nitrogen and oxygen atoms in total. The summed E-state index contributed by atoms with van der Waals surface area (Å²) in [5, 5.41) is 10.3. The van der Waals surface area contributed by atoms with Crippen molar-refractivity contribution in [1.82, 2.24) is 15.0 Å². The van der Waals surface area contributed by atoms with Gasteiger partial charge in [-0.2, -0.15) is 5.26 Å². The van der Waals surface area contributed by atoms with Gasteiger partial charge in [0.15, 0.2) is 0 Å². The normalized spacial score (nSPS) is 17.5. The van der Waals surface area contributed by atoms with E-state index in [1.807, 2.05) is 6.07 Å². The molecule has 9 rings (SSSR count). The van der Waals surface area contributed by atoms with Crippen LogP contribution < -0.4 is 0 Å². The van der Waals surface area contributed by atoms with Crippen molar-refractivity contribution in [2.45, 2.75) is 84.6 Å². The van der Waals surface area contributed by atoms with Gasteiger partial charge in [0.2, 0.25) is 0 Å². The van der Waals surface area contributed by atoms with E-state index < -0.39 is 95.8 Å². The van der Waals surface area contributed by atoms with Crippen LogP contribution in [0.25, 0.3) is 55.7 Å². The van der Waals surface area contributed by atoms with Gasteiger partial charge < -0.3 is 19.4 Å². The predicted molar refractivity (Wildman–Crippen MR) is 259 cm³/mol. The molecule has 0 atom stereocenters. The monoisotopic (exact) mass is 1040 g/mol. The largest absolute Gasteiger partial charge is 3.00 e. The van der Waals surface area contributed by atoms with Crippen LogP contribution in [0, 0.1) is 36.4 Å². The van der Waals surface area contributed by atoms with E-state index in [0.29, 0.717) is 16.5 Å². The zero-order valence-electron chi connectivity index (χ0n) is 54.6. The first kappa shape index (κ1) is 27.1. The molecule has 4 aromatic heterocycles. The first-order valence-electron chi connectivity index (χ1n) is 29.8. The summed E-state index contributed by atoms with van der Waals surface area (Å²) < 4.78 is 184. The van der Waals surface area contributed by atoms with Crippen molar-refractivity contribution in [2.75, 3.05) is 0 Å². The fraction of sp³-hybridized carbons (Fsp3) is 0.220. The third kappa shape index (κ3) is 10.1. The van der Waals surface area contributed by atoms with Gasteiger partial charge in [0, 0.05) is 47.3 Å². The molecular formula is C59H51IrN4O. The maximum atomic E-state index is 9.75. The Morgan fingerprint density at radius 1 is 0.662 bits per heavy atom. The van der Waals surface area contributed by atoms with Crippen LogP contribution in [0.3, 0.4) is 0 Å². The van der Waals surface area contributed by atoms with Crippen LogP contribution >= 0.6 is 0 Å². The molecule has 9 aromatic rings. The first-order valence-corrected chi connectivity index (χ1v) is 20.3. The fourth-order valence-corrected chi connectivity index (χ4v) is 7.15. The van der Waals surface area contributed by atoms with Crippen LogP contribution in [0.2, 0.25) is 0 Å². The van der Waals surface area contributed by atoms with Gasteiger partial charge in [-0.25, -0.2) is 0 Å². The quantitative estimate of drug-likeness (QED) is 0.101. The summed E-state index contributed by atoms with van der Waals surface area (Å²) in [4.78, 5) is 13.3. The molecule has 65 heavy (non-hydrogen) atoms. The van der Waals surface area contributed by atoms with Gasteiger partial charge in [-0.3, -0.25) is 0 Å². The number of hydrogen-bond acceptors (Lipinski definition) is 5. The predicted octanol–water partition coefficient (Wildman–Crippen LogP) is 14.0. The molecular weight excluding hydrogens is 973 g/mol. The van der Waals surface area contributed by atoms with E-state index in [9.17, 15) is 21.7 Å². The second-order valence-corrected chi connectivity index (χ2v) is 15.3. The van der Waals surface area contributed by atoms with Crippen molar-refractivity contribution in [2.24, 2.45) is 0 Å². The number of nitriles is 1. The van der Waals surface area contributed by atoms with E-state index in [1.165, 1.54) is 52.0 Å². The van der Waals surface area contributed by atoms with Crippen LogP contribution in [0.15, 0.2) is 138 Å². The van der Waals surface area contributed by atoms with Crippen LogP contribution in [0.5, 0.6) is 0 Å². The molecule has 0 saturated carbocycles. The number of furan rings is 1. The second kappa shape index (κ2) is 20.1. The fourth-order valence-electron chi connectivity index (χ4n) is 7.15. The Balaban J connectivity index is 0.00000920. The molecule has 0 unspecified atom stereocenters. The minimum absolute atomic E-state index is 0. The Hall–Kier alpha value is -6.51. The van der Waals surface area contributed by atoms with Crippen LogP contribution in [-0.2, 0) is 58.3 Å². The van der Waals surface area contributed by atoms with E-state index >= 15 is 0 Å². The van der Waals surface area contributed by atoms with Crippen molar-refractivity contribution < 1.29 is 50.6 Å². The molecule has 0 aliphatic heterocycles. The Kier molecular flexibility index (Phi) is 8.38. The standard InChI is InChI=1S/C59H51N4O.Ir/c1-38(2)53-32-55(45-13-8-6-9-14-45)61-36-48(53)24-20-42-28-41(29-43(30-42)21-25-49-37-62-56(33-54(49)39(3)4)46-15-10-7-11-16-46)19-23-47-35-63-57(27-40(47)5)52-18-12-17-51-50-26-22-44(34-60)31-58(50)64-59(51)52;/h6-13,15,17,22,26-33,35-39H,19-21,23-25H2,1-5H3;/q-3;+3/i5D3,19D2,20D2,21D2,22D,23D2,24D2,25D2,31D,38D,39D;. The van der Waals surface area contributed by atoms with E-state index in [4.69, 9.17) is 14.0 Å². The van der Waals surface area contributed by atoms with Crippen molar-refractivity contribution in [3.05, 3.63) is 208 Å². The minimum atomic E-state index is -3.55. The number of aromatic nitrogens is 3. The SMILES string of the molecule is [2H]c1cc2c(oc3c(-c4cc(C([2H])([2H])[2H])c(C([2H])([2H])C([2H])([2H])c5cc(C([2H])([2H])C([2H])([2H])c6cnc(-c7[c-]cccc7)cc6C([2H])(C)C)cc(C([2H])([2H])C([2H])([2H])c6cnc(-c7[c-]cccc7)cc6C([2H])(C)C)c5)cn4)[c-]ccc32)c([2H])c1C#N.[Ir+3]. The molecule has 322 valence electrons. The first-order chi connectivity index (χ1) is 38.4. The molecule has 0 N–H and O–H groups in total. The van der Waals surface area contributed by atoms with Gasteiger partial charge in [0.05, 0.1) is 20.0 Å². The Morgan fingerprint density at radius 3 is 1.74 bits per heavy atom. The summed E-state index contributed by atoms with van der Waals surface area (Å²) >= 11 is 0. The van der Waals surface area contributed by atoms with E-state index in [0.717, 1.165) is 42.9 Å². The van der Waals surface area contributed by atoms with Gasteiger partial charge in [0.25, 0.3) is 0 Å². The summed E-state index contributed by atoms with van der Waals surface area (Å²) in [5.41, 5.74) is -3.90. The van der Waals surface area contributed by atoms with E-state index in [1.54, 1.807) is 54.6 Å². The minimum Gasteiger partial charge on any atom is -0.501 e. The molecule has 0 aliphatic carbocycles. The maximum Gasteiger partial charge on any atom is 3.00 e. The van der Waals surface area contributed by atoms with Crippen molar-refractivity contribution >= 4 is 21.9 Å². The summed E-state index contributed by atoms with van der Waals surface area (Å²) in [5.74, 6) is -3.24. The number of nitrogens with zero attached hydrogens (tertiary/aromatic N) is 4. The molecule has 0 amide bonds. The molecule has 0 bridgehead atoms. The number of hydrogen-bond donors (Lipinski definition) is 0. The molecule has 0 radical (unpaired) electrons. The van der Waals surface area contributed by atoms with Gasteiger partial charge in [-0.05, 0) is 131 Å². The maximum absolute atomic E-state index is 9.75. The van der Waals surface area contributed by atoms with Gasteiger partial charge >= 0.3 is 20.1 Å². The third-order valence-corrected chi connectivity index (χ3v) is 10.4. The average Bonchev–Trinajstić information content (AvgIpc) is 3.63. The summed E-state index contributed by atoms with van der Waals surface area (Å²) in [7, 11) is 0. The summed E-state index contributed by atoms with van der Waals surface area (Å²) in [6.07, 6.45) is -17.4. The molecule has 6 heteroatoms. The van der Waals surface area contributed by atoms with E-state index in [2.05, 4.69) is 33.2 Å². The smallest absolute Gasteiger partial charge is 0.501 e. The van der Waals surface area contributed by atoms with Crippen LogP contribution in [0.4, 0.5) is 0 Å². The topological polar surface area (TPSA) is 75.6 Å². The zero-order chi connectivity index (χ0) is 61.0. The second-order valence-electron chi connectivity index (χ2n) is 15.3. The number of aryl methyl sites for hydroxylation is 7. The van der Waals surface area contributed by atoms with Crippen molar-refractivity contribution in [1.29, 1.82) is 5.26 Å². The summed E-state index contributed by atoms with van der Waals surface area (Å²) in [6.45, 7) is 2.59. The molecule has 0 aliphatic rings. The Labute approximate surface area is 423 Å². The molecule has 0 spiro atoms.